The van der Waals surface area contributed by atoms with Crippen LogP contribution in [-0.2, 0) is 4.79 Å². The molecule has 4 rings (SSSR count). The van der Waals surface area contributed by atoms with Gasteiger partial charge in [-0.3, -0.25) is 14.5 Å². The highest BCUT2D eigenvalue weighted by Crippen LogP contribution is 2.43. The fraction of sp³-hybridized carbons (Fsp3) is 0.200. The normalized spacial score (nSPS) is 16.1. The molecule has 32 heavy (non-hydrogen) atoms. The molecule has 0 fully saturated rings. The predicted octanol–water partition coefficient (Wildman–Crippen LogP) is 5.33. The van der Waals surface area contributed by atoms with Gasteiger partial charge in [0.25, 0.3) is 5.91 Å². The minimum atomic E-state index is -0.802. The van der Waals surface area contributed by atoms with Crippen molar-refractivity contribution in [1.82, 2.24) is 0 Å². The van der Waals surface area contributed by atoms with Gasteiger partial charge >= 0.3 is 0 Å². The Bertz CT molecular complexity index is 1170. The number of anilines is 1. The molecule has 0 aliphatic carbocycles. The van der Waals surface area contributed by atoms with Gasteiger partial charge in [0.05, 0.1) is 29.7 Å². The molecule has 0 radical (unpaired) electrons. The third-order valence-electron chi connectivity index (χ3n) is 5.09. The van der Waals surface area contributed by atoms with E-state index in [9.17, 15) is 14.7 Å². The van der Waals surface area contributed by atoms with Crippen molar-refractivity contribution >= 4 is 28.7 Å². The van der Waals surface area contributed by atoms with Crippen molar-refractivity contribution in [3.05, 3.63) is 87.8 Å². The molecule has 1 N–H and O–H groups in total. The summed E-state index contributed by atoms with van der Waals surface area (Å²) in [6.45, 7) is 3.86. The average molecular weight is 450 g/mol. The van der Waals surface area contributed by atoms with Crippen molar-refractivity contribution in [3.8, 4) is 11.5 Å². The van der Waals surface area contributed by atoms with E-state index in [1.165, 1.54) is 16.2 Å². The number of methoxy groups -OCH3 is 1. The largest absolute Gasteiger partial charge is 0.503 e. The van der Waals surface area contributed by atoms with Crippen LogP contribution in [0.25, 0.3) is 0 Å². The summed E-state index contributed by atoms with van der Waals surface area (Å²) in [7, 11) is 1.55. The number of aliphatic hydroxyl groups is 1. The summed E-state index contributed by atoms with van der Waals surface area (Å²) in [5.41, 5.74) is 1.25. The van der Waals surface area contributed by atoms with Crippen molar-refractivity contribution in [2.45, 2.75) is 26.0 Å². The highest BCUT2D eigenvalue weighted by Gasteiger charge is 2.45. The Hall–Kier alpha value is -3.58. The second-order valence-electron chi connectivity index (χ2n) is 7.58. The highest BCUT2D eigenvalue weighted by molar-refractivity contribution is 7.12. The van der Waals surface area contributed by atoms with Crippen molar-refractivity contribution in [3.63, 3.8) is 0 Å². The molecular weight excluding hydrogens is 426 g/mol. The molecule has 0 spiro atoms. The smallest absolute Gasteiger partial charge is 0.294 e. The molecule has 2 heterocycles. The number of aliphatic hydroxyl groups excluding tert-OH is 1. The first-order valence-electron chi connectivity index (χ1n) is 10.2. The van der Waals surface area contributed by atoms with Gasteiger partial charge in [-0.15, -0.1) is 11.3 Å². The zero-order valence-electron chi connectivity index (χ0n) is 17.9. The first kappa shape index (κ1) is 21.6. The number of benzene rings is 2. The van der Waals surface area contributed by atoms with E-state index in [2.05, 4.69) is 0 Å². The molecule has 1 atom stereocenters. The molecule has 1 aliphatic heterocycles. The lowest BCUT2D eigenvalue weighted by molar-refractivity contribution is -0.117. The van der Waals surface area contributed by atoms with Crippen molar-refractivity contribution in [2.75, 3.05) is 12.0 Å². The number of thiophene rings is 1. The maximum atomic E-state index is 13.3. The lowest BCUT2D eigenvalue weighted by Gasteiger charge is -2.27. The number of rotatable bonds is 7. The molecule has 6 nitrogen and oxygen atoms in total. The number of carbonyl (C=O) groups is 2. The second kappa shape index (κ2) is 8.88. The Balaban J connectivity index is 1.82. The zero-order valence-corrected chi connectivity index (χ0v) is 18.8. The van der Waals surface area contributed by atoms with Crippen LogP contribution in [0, 0.1) is 0 Å². The Labute approximate surface area is 190 Å². The van der Waals surface area contributed by atoms with E-state index in [0.717, 1.165) is 0 Å². The predicted molar refractivity (Wildman–Crippen MR) is 124 cm³/mol. The molecule has 164 valence electrons. The summed E-state index contributed by atoms with van der Waals surface area (Å²) in [5.74, 6) is -0.291. The van der Waals surface area contributed by atoms with Gasteiger partial charge < -0.3 is 14.6 Å². The summed E-state index contributed by atoms with van der Waals surface area (Å²) in [6.07, 6.45) is 0.0135. The van der Waals surface area contributed by atoms with E-state index in [0.29, 0.717) is 27.6 Å². The van der Waals surface area contributed by atoms with Crippen LogP contribution in [0.4, 0.5) is 5.69 Å². The molecule has 7 heteroatoms. The van der Waals surface area contributed by atoms with Gasteiger partial charge in [0.2, 0.25) is 5.78 Å². The average Bonchev–Trinajstić information content (AvgIpc) is 3.41. The van der Waals surface area contributed by atoms with Crippen LogP contribution >= 0.6 is 11.3 Å². The number of amides is 1. The molecule has 1 unspecified atom stereocenters. The van der Waals surface area contributed by atoms with Gasteiger partial charge in [-0.1, -0.05) is 18.2 Å². The fourth-order valence-electron chi connectivity index (χ4n) is 3.73. The van der Waals surface area contributed by atoms with Gasteiger partial charge in [-0.2, -0.15) is 0 Å². The van der Waals surface area contributed by atoms with Crippen LogP contribution in [0.2, 0.25) is 0 Å². The second-order valence-corrected chi connectivity index (χ2v) is 8.53. The van der Waals surface area contributed by atoms with Crippen LogP contribution in [0.3, 0.4) is 0 Å². The summed E-state index contributed by atoms with van der Waals surface area (Å²) in [5, 5.41) is 12.6. The van der Waals surface area contributed by atoms with Crippen LogP contribution in [0.1, 0.15) is 35.1 Å². The van der Waals surface area contributed by atoms with Gasteiger partial charge in [0.1, 0.15) is 11.5 Å². The quantitative estimate of drug-likeness (QED) is 0.494. The lowest BCUT2D eigenvalue weighted by atomic mass is 9.95. The summed E-state index contributed by atoms with van der Waals surface area (Å²) < 4.78 is 11.0. The number of hydrogen-bond donors (Lipinski definition) is 1. The minimum Gasteiger partial charge on any atom is -0.503 e. The van der Waals surface area contributed by atoms with Crippen LogP contribution in [0.15, 0.2) is 77.4 Å². The molecule has 0 bridgehead atoms. The van der Waals surface area contributed by atoms with E-state index in [1.807, 2.05) is 19.9 Å². The Kier molecular flexibility index (Phi) is 6.01. The van der Waals surface area contributed by atoms with E-state index < -0.39 is 17.7 Å². The highest BCUT2D eigenvalue weighted by atomic mass is 32.1. The third-order valence-corrected chi connectivity index (χ3v) is 5.96. The van der Waals surface area contributed by atoms with E-state index in [4.69, 9.17) is 9.47 Å². The maximum absolute atomic E-state index is 13.3. The maximum Gasteiger partial charge on any atom is 0.294 e. The van der Waals surface area contributed by atoms with Crippen LogP contribution < -0.4 is 14.4 Å². The first-order valence-corrected chi connectivity index (χ1v) is 11.0. The van der Waals surface area contributed by atoms with E-state index in [1.54, 1.807) is 67.1 Å². The van der Waals surface area contributed by atoms with Gasteiger partial charge in [0.15, 0.2) is 5.76 Å². The standard InChI is InChI=1S/C25H23NO5S/c1-15(2)31-18-11-9-17(10-12-18)26-22(16-6-4-7-19(14-16)30-3)21(24(28)25(26)29)23(27)20-8-5-13-32-20/h4-15,22,28H,1-3H3. The van der Waals surface area contributed by atoms with E-state index in [-0.39, 0.29) is 17.5 Å². The Morgan fingerprint density at radius 3 is 2.44 bits per heavy atom. The minimum absolute atomic E-state index is 0.0135. The van der Waals surface area contributed by atoms with Gasteiger partial charge in [-0.25, -0.2) is 0 Å². The third kappa shape index (κ3) is 3.99. The molecule has 1 amide bonds. The fourth-order valence-corrected chi connectivity index (χ4v) is 4.41. The summed E-state index contributed by atoms with van der Waals surface area (Å²) in [4.78, 5) is 28.4. The first-order chi connectivity index (χ1) is 15.4. The lowest BCUT2D eigenvalue weighted by Crippen LogP contribution is -2.31. The molecule has 0 saturated heterocycles. The molecule has 1 aliphatic rings. The van der Waals surface area contributed by atoms with Crippen LogP contribution in [0.5, 0.6) is 11.5 Å². The molecule has 0 saturated carbocycles. The number of nitrogens with zero attached hydrogens (tertiary/aromatic N) is 1. The Morgan fingerprint density at radius 1 is 1.06 bits per heavy atom. The summed E-state index contributed by atoms with van der Waals surface area (Å²) in [6, 6.07) is 16.8. The molecule has 2 aromatic carbocycles. The molecular formula is C25H23NO5S. The van der Waals surface area contributed by atoms with Gasteiger partial charge in [-0.05, 0) is 67.3 Å². The van der Waals surface area contributed by atoms with E-state index >= 15 is 0 Å². The van der Waals surface area contributed by atoms with Crippen molar-refractivity contribution < 1.29 is 24.2 Å². The zero-order chi connectivity index (χ0) is 22.8. The van der Waals surface area contributed by atoms with Crippen molar-refractivity contribution in [2.24, 2.45) is 0 Å². The summed E-state index contributed by atoms with van der Waals surface area (Å²) >= 11 is 1.26. The van der Waals surface area contributed by atoms with Gasteiger partial charge in [0, 0.05) is 5.69 Å². The monoisotopic (exact) mass is 449 g/mol. The SMILES string of the molecule is COc1cccc(C2C(C(=O)c3cccs3)=C(O)C(=O)N2c2ccc(OC(C)C)cc2)c1. The number of ketones is 1. The molecule has 1 aromatic heterocycles. The number of carbonyl (C=O) groups excluding carboxylic acids is 2. The molecule has 3 aromatic rings. The number of hydrogen-bond acceptors (Lipinski definition) is 6. The number of ether oxygens (including phenoxy) is 2. The van der Waals surface area contributed by atoms with Crippen molar-refractivity contribution in [1.29, 1.82) is 0 Å². The topological polar surface area (TPSA) is 76.1 Å². The number of Topliss-reactive ketones (excluding diaryl/α,β-unsaturated/α-hetero) is 1. The van der Waals surface area contributed by atoms with Crippen LogP contribution in [-0.4, -0.2) is 30.0 Å². The Morgan fingerprint density at radius 2 is 1.81 bits per heavy atom.